The molecule has 1 amide bonds. The molecule has 0 saturated carbocycles. The number of para-hydroxylation sites is 1. The van der Waals surface area contributed by atoms with Crippen LogP contribution in [-0.2, 0) is 15.6 Å². The van der Waals surface area contributed by atoms with Crippen LogP contribution >= 0.6 is 11.8 Å². The molecule has 1 heterocycles. The first kappa shape index (κ1) is 22.2. The van der Waals surface area contributed by atoms with Crippen LogP contribution < -0.4 is 10.6 Å². The number of anilines is 1. The summed E-state index contributed by atoms with van der Waals surface area (Å²) in [5, 5.41) is 16.7. The molecule has 0 bridgehead atoms. The number of carbonyl (C=O) groups is 1. The van der Waals surface area contributed by atoms with Gasteiger partial charge in [0.15, 0.2) is 5.50 Å². The van der Waals surface area contributed by atoms with Crippen LogP contribution in [0.3, 0.4) is 0 Å². The molecule has 4 nitrogen and oxygen atoms in total. The number of halogens is 1. The number of aromatic hydroxyl groups is 1. The zero-order chi connectivity index (χ0) is 22.3. The first-order valence-corrected chi connectivity index (χ1v) is 10.8. The van der Waals surface area contributed by atoms with Crippen LogP contribution in [-0.4, -0.2) is 16.5 Å². The third-order valence-corrected chi connectivity index (χ3v) is 5.97. The van der Waals surface area contributed by atoms with E-state index in [0.717, 1.165) is 16.7 Å². The van der Waals surface area contributed by atoms with Crippen molar-refractivity contribution < 1.29 is 14.3 Å². The summed E-state index contributed by atoms with van der Waals surface area (Å²) in [5.41, 5.74) is 1.91. The third-order valence-electron chi connectivity index (χ3n) is 4.94. The van der Waals surface area contributed by atoms with E-state index in [1.54, 1.807) is 18.2 Å². The number of phenols is 1. The quantitative estimate of drug-likeness (QED) is 0.547. The maximum Gasteiger partial charge on any atom is 0.260 e. The van der Waals surface area contributed by atoms with Crippen LogP contribution in [0.1, 0.15) is 58.2 Å². The van der Waals surface area contributed by atoms with E-state index in [1.807, 2.05) is 18.2 Å². The van der Waals surface area contributed by atoms with Gasteiger partial charge in [-0.25, -0.2) is 4.39 Å². The van der Waals surface area contributed by atoms with Crippen molar-refractivity contribution >= 4 is 29.4 Å². The van der Waals surface area contributed by atoms with Gasteiger partial charge in [0.25, 0.3) is 5.91 Å². The molecule has 1 aliphatic rings. The summed E-state index contributed by atoms with van der Waals surface area (Å²) >= 11 is 1.31. The SMILES string of the molecule is CC(C)(C)c1cc(/C=C2\SC(Nc3ccccc3F)NC2=O)cc(C(C)(C)C)c1O. The Balaban J connectivity index is 1.94. The maximum atomic E-state index is 13.9. The second-order valence-corrected chi connectivity index (χ2v) is 10.7. The van der Waals surface area contributed by atoms with E-state index >= 15 is 0 Å². The molecular weight excluding hydrogens is 399 g/mol. The van der Waals surface area contributed by atoms with Gasteiger partial charge in [-0.1, -0.05) is 65.4 Å². The molecule has 2 aromatic rings. The normalized spacial score (nSPS) is 18.6. The number of hydrogen-bond acceptors (Lipinski definition) is 4. The highest BCUT2D eigenvalue weighted by Gasteiger charge is 2.29. The lowest BCUT2D eigenvalue weighted by Crippen LogP contribution is -2.31. The topological polar surface area (TPSA) is 61.4 Å². The second kappa shape index (κ2) is 7.99. The number of thioether (sulfide) groups is 1. The molecule has 3 rings (SSSR count). The number of carbonyl (C=O) groups excluding carboxylic acids is 1. The van der Waals surface area contributed by atoms with Crippen molar-refractivity contribution in [2.24, 2.45) is 0 Å². The Morgan fingerprint density at radius 1 is 1.07 bits per heavy atom. The van der Waals surface area contributed by atoms with Gasteiger partial charge in [0, 0.05) is 11.1 Å². The molecule has 160 valence electrons. The molecule has 1 fully saturated rings. The Morgan fingerprint density at radius 2 is 1.63 bits per heavy atom. The minimum absolute atomic E-state index is 0.212. The molecule has 1 aliphatic heterocycles. The number of phenolic OH excluding ortho intramolecular Hbond substituents is 1. The van der Waals surface area contributed by atoms with Crippen LogP contribution in [0.4, 0.5) is 10.1 Å². The molecule has 1 atom stereocenters. The molecule has 3 N–H and O–H groups in total. The van der Waals surface area contributed by atoms with Crippen LogP contribution in [0, 0.1) is 5.82 Å². The first-order chi connectivity index (χ1) is 13.9. The van der Waals surface area contributed by atoms with Gasteiger partial charge in [0.05, 0.1) is 10.6 Å². The molecule has 30 heavy (non-hydrogen) atoms. The largest absolute Gasteiger partial charge is 0.507 e. The summed E-state index contributed by atoms with van der Waals surface area (Å²) in [6, 6.07) is 10.2. The van der Waals surface area contributed by atoms with Crippen molar-refractivity contribution in [3.63, 3.8) is 0 Å². The Labute approximate surface area is 182 Å². The molecular formula is C24H29FN2O2S. The number of nitrogens with one attached hydrogen (secondary N) is 2. The monoisotopic (exact) mass is 428 g/mol. The summed E-state index contributed by atoms with van der Waals surface area (Å²) in [7, 11) is 0. The Bertz CT molecular complexity index is 968. The lowest BCUT2D eigenvalue weighted by molar-refractivity contribution is -0.116. The second-order valence-electron chi connectivity index (χ2n) is 9.57. The summed E-state index contributed by atoms with van der Waals surface area (Å²) < 4.78 is 13.9. The van der Waals surface area contributed by atoms with Crippen molar-refractivity contribution in [1.29, 1.82) is 0 Å². The van der Waals surface area contributed by atoms with Gasteiger partial charge in [0.2, 0.25) is 0 Å². The zero-order valence-electron chi connectivity index (χ0n) is 18.3. The molecule has 1 saturated heterocycles. The molecule has 2 aromatic carbocycles. The van der Waals surface area contributed by atoms with Crippen LogP contribution in [0.5, 0.6) is 5.75 Å². The van der Waals surface area contributed by atoms with E-state index < -0.39 is 5.50 Å². The zero-order valence-corrected chi connectivity index (χ0v) is 19.1. The van der Waals surface area contributed by atoms with Gasteiger partial charge in [-0.15, -0.1) is 0 Å². The smallest absolute Gasteiger partial charge is 0.260 e. The molecule has 1 unspecified atom stereocenters. The predicted octanol–water partition coefficient (Wildman–Crippen LogP) is 5.73. The average molecular weight is 429 g/mol. The number of benzene rings is 2. The van der Waals surface area contributed by atoms with Crippen molar-refractivity contribution in [1.82, 2.24) is 5.32 Å². The molecule has 0 spiro atoms. The highest BCUT2D eigenvalue weighted by molar-refractivity contribution is 8.05. The van der Waals surface area contributed by atoms with Crippen molar-refractivity contribution in [2.45, 2.75) is 57.9 Å². The Hall–Kier alpha value is -2.47. The van der Waals surface area contributed by atoms with Crippen molar-refractivity contribution in [3.05, 3.63) is 63.8 Å². The summed E-state index contributed by atoms with van der Waals surface area (Å²) in [6.07, 6.45) is 1.83. The summed E-state index contributed by atoms with van der Waals surface area (Å²) in [4.78, 5) is 13.0. The van der Waals surface area contributed by atoms with E-state index in [4.69, 9.17) is 0 Å². The van der Waals surface area contributed by atoms with Gasteiger partial charge < -0.3 is 15.7 Å². The van der Waals surface area contributed by atoms with Gasteiger partial charge in [0.1, 0.15) is 11.6 Å². The summed E-state index contributed by atoms with van der Waals surface area (Å²) in [5.74, 6) is -0.274. The average Bonchev–Trinajstić information content (AvgIpc) is 2.95. The lowest BCUT2D eigenvalue weighted by atomic mass is 9.78. The lowest BCUT2D eigenvalue weighted by Gasteiger charge is -2.28. The maximum absolute atomic E-state index is 13.9. The minimum atomic E-state index is -0.457. The fraction of sp³-hybridized carbons (Fsp3) is 0.375. The number of amides is 1. The fourth-order valence-corrected chi connectivity index (χ4v) is 4.30. The van der Waals surface area contributed by atoms with Gasteiger partial charge in [-0.2, -0.15) is 0 Å². The molecule has 6 heteroatoms. The number of hydrogen-bond donors (Lipinski definition) is 3. The van der Waals surface area contributed by atoms with Crippen molar-refractivity contribution in [2.75, 3.05) is 5.32 Å². The van der Waals surface area contributed by atoms with Gasteiger partial charge >= 0.3 is 0 Å². The van der Waals surface area contributed by atoms with E-state index in [0.29, 0.717) is 16.3 Å². The van der Waals surface area contributed by atoms with Crippen molar-refractivity contribution in [3.8, 4) is 5.75 Å². The highest BCUT2D eigenvalue weighted by Crippen LogP contribution is 2.41. The number of rotatable bonds is 3. The van der Waals surface area contributed by atoms with E-state index in [-0.39, 0.29) is 22.6 Å². The van der Waals surface area contributed by atoms with E-state index in [2.05, 4.69) is 52.2 Å². The van der Waals surface area contributed by atoms with Gasteiger partial charge in [-0.3, -0.25) is 4.79 Å². The van der Waals surface area contributed by atoms with Crippen LogP contribution in [0.2, 0.25) is 0 Å². The first-order valence-electron chi connectivity index (χ1n) is 9.94. The van der Waals surface area contributed by atoms with Crippen LogP contribution in [0.25, 0.3) is 6.08 Å². The Kier molecular flexibility index (Phi) is 5.92. The molecule has 0 radical (unpaired) electrons. The fourth-order valence-electron chi connectivity index (χ4n) is 3.32. The van der Waals surface area contributed by atoms with E-state index in [1.165, 1.54) is 17.8 Å². The minimum Gasteiger partial charge on any atom is -0.507 e. The summed E-state index contributed by atoms with van der Waals surface area (Å²) in [6.45, 7) is 12.3. The van der Waals surface area contributed by atoms with Crippen LogP contribution in [0.15, 0.2) is 41.3 Å². The standard InChI is InChI=1S/C24H29FN2O2S/c1-23(2,3)15-11-14(12-16(20(15)28)24(4,5)6)13-19-21(29)27-22(30-19)26-18-10-8-7-9-17(18)25/h7-13,22,26,28H,1-6H3,(H,27,29)/b19-13-. The van der Waals surface area contributed by atoms with Gasteiger partial charge in [-0.05, 0) is 46.7 Å². The third kappa shape index (κ3) is 4.81. The molecule has 0 aliphatic carbocycles. The molecule has 0 aromatic heterocycles. The highest BCUT2D eigenvalue weighted by atomic mass is 32.2. The predicted molar refractivity (Wildman–Crippen MR) is 123 cm³/mol. The van der Waals surface area contributed by atoms with E-state index in [9.17, 15) is 14.3 Å². The Morgan fingerprint density at radius 3 is 2.17 bits per heavy atom.